The fourth-order valence-electron chi connectivity index (χ4n) is 2.14. The fourth-order valence-corrected chi connectivity index (χ4v) is 2.57. The zero-order valence-electron chi connectivity index (χ0n) is 11.1. The number of aromatic nitrogens is 2. The van der Waals surface area contributed by atoms with Crippen LogP contribution in [-0.4, -0.2) is 9.78 Å². The number of nitrogens with two attached hydrogens (primary N) is 1. The summed E-state index contributed by atoms with van der Waals surface area (Å²) in [4.78, 5) is 0. The smallest absolute Gasteiger partial charge is 0.137 e. The lowest BCUT2D eigenvalue weighted by Crippen LogP contribution is -2.00. The molecule has 0 spiro atoms. The van der Waals surface area contributed by atoms with Gasteiger partial charge in [0.25, 0.3) is 0 Å². The first-order valence-electron chi connectivity index (χ1n) is 6.44. The van der Waals surface area contributed by atoms with Crippen molar-refractivity contribution >= 4 is 21.6 Å². The van der Waals surface area contributed by atoms with E-state index in [0.717, 1.165) is 22.4 Å². The van der Waals surface area contributed by atoms with E-state index in [1.165, 1.54) is 6.07 Å². The summed E-state index contributed by atoms with van der Waals surface area (Å²) in [5.74, 6) is -0.264. The van der Waals surface area contributed by atoms with Crippen LogP contribution in [0.2, 0.25) is 0 Å². The summed E-state index contributed by atoms with van der Waals surface area (Å²) in [6.07, 6.45) is 3.75. The number of benzene rings is 2. The number of anilines is 1. The first-order valence-corrected chi connectivity index (χ1v) is 7.23. The van der Waals surface area contributed by atoms with E-state index in [-0.39, 0.29) is 5.82 Å². The summed E-state index contributed by atoms with van der Waals surface area (Å²) in [6, 6.07) is 12.6. The third-order valence-electron chi connectivity index (χ3n) is 3.18. The normalized spacial score (nSPS) is 10.8. The Labute approximate surface area is 130 Å². The maximum absolute atomic E-state index is 13.2. The lowest BCUT2D eigenvalue weighted by atomic mass is 10.1. The van der Waals surface area contributed by atoms with Crippen LogP contribution in [-0.2, 0) is 6.54 Å². The van der Waals surface area contributed by atoms with E-state index in [2.05, 4.69) is 21.0 Å². The molecule has 0 aliphatic rings. The van der Waals surface area contributed by atoms with Crippen molar-refractivity contribution in [1.29, 1.82) is 0 Å². The van der Waals surface area contributed by atoms with Crippen molar-refractivity contribution in [2.75, 3.05) is 5.73 Å². The van der Waals surface area contributed by atoms with Gasteiger partial charge in [0, 0.05) is 17.4 Å². The molecule has 2 N–H and O–H groups in total. The number of nitrogens with zero attached hydrogens (tertiary/aromatic N) is 2. The predicted molar refractivity (Wildman–Crippen MR) is 85.3 cm³/mol. The highest BCUT2D eigenvalue weighted by atomic mass is 79.9. The van der Waals surface area contributed by atoms with Crippen molar-refractivity contribution in [2.45, 2.75) is 6.54 Å². The molecular weight excluding hydrogens is 333 g/mol. The van der Waals surface area contributed by atoms with Crippen LogP contribution < -0.4 is 5.73 Å². The van der Waals surface area contributed by atoms with Gasteiger partial charge in [0.15, 0.2) is 0 Å². The van der Waals surface area contributed by atoms with Crippen molar-refractivity contribution in [3.63, 3.8) is 0 Å². The maximum atomic E-state index is 13.2. The Morgan fingerprint density at radius 3 is 2.76 bits per heavy atom. The molecule has 0 fully saturated rings. The van der Waals surface area contributed by atoms with E-state index in [0.29, 0.717) is 11.0 Å². The van der Waals surface area contributed by atoms with Crippen LogP contribution in [0.3, 0.4) is 0 Å². The molecule has 0 aliphatic heterocycles. The Bertz CT molecular complexity index is 783. The lowest BCUT2D eigenvalue weighted by molar-refractivity contribution is 0.617. The van der Waals surface area contributed by atoms with Crippen LogP contribution in [0.5, 0.6) is 0 Å². The molecule has 3 nitrogen and oxygen atoms in total. The van der Waals surface area contributed by atoms with Crippen LogP contribution in [0.15, 0.2) is 59.3 Å². The van der Waals surface area contributed by atoms with E-state index in [9.17, 15) is 4.39 Å². The third kappa shape index (κ3) is 3.13. The molecule has 0 amide bonds. The molecule has 3 aromatic rings. The minimum atomic E-state index is -0.264. The van der Waals surface area contributed by atoms with Crippen molar-refractivity contribution in [2.24, 2.45) is 0 Å². The van der Waals surface area contributed by atoms with E-state index in [1.54, 1.807) is 18.3 Å². The highest BCUT2D eigenvalue weighted by molar-refractivity contribution is 9.10. The quantitative estimate of drug-likeness (QED) is 0.726. The van der Waals surface area contributed by atoms with Gasteiger partial charge in [-0.1, -0.05) is 18.2 Å². The summed E-state index contributed by atoms with van der Waals surface area (Å²) in [5.41, 5.74) is 9.52. The first kappa shape index (κ1) is 13.8. The molecule has 106 valence electrons. The number of rotatable bonds is 3. The summed E-state index contributed by atoms with van der Waals surface area (Å²) < 4.78 is 15.5. The van der Waals surface area contributed by atoms with Gasteiger partial charge in [-0.3, -0.25) is 4.68 Å². The third-order valence-corrected chi connectivity index (χ3v) is 3.79. The minimum Gasteiger partial charge on any atom is -0.399 e. The zero-order valence-corrected chi connectivity index (χ0v) is 12.7. The molecule has 0 saturated heterocycles. The molecule has 0 bridgehead atoms. The molecule has 2 aromatic carbocycles. The van der Waals surface area contributed by atoms with Gasteiger partial charge in [-0.25, -0.2) is 4.39 Å². The monoisotopic (exact) mass is 345 g/mol. The average molecular weight is 346 g/mol. The van der Waals surface area contributed by atoms with Crippen LogP contribution in [0.25, 0.3) is 11.1 Å². The van der Waals surface area contributed by atoms with Crippen LogP contribution in [0.1, 0.15) is 5.56 Å². The number of hydrogen-bond donors (Lipinski definition) is 1. The molecule has 0 aliphatic carbocycles. The second-order valence-electron chi connectivity index (χ2n) is 4.80. The van der Waals surface area contributed by atoms with E-state index < -0.39 is 0 Å². The van der Waals surface area contributed by atoms with Crippen molar-refractivity contribution in [1.82, 2.24) is 9.78 Å². The average Bonchev–Trinajstić information content (AvgIpc) is 2.91. The Kier molecular flexibility index (Phi) is 3.75. The van der Waals surface area contributed by atoms with Crippen LogP contribution >= 0.6 is 15.9 Å². The topological polar surface area (TPSA) is 43.8 Å². The van der Waals surface area contributed by atoms with Gasteiger partial charge in [-0.05, 0) is 51.3 Å². The molecule has 1 heterocycles. The SMILES string of the molecule is Nc1cccc(-c2cnn(Cc3ccc(F)c(Br)c3)c2)c1. The highest BCUT2D eigenvalue weighted by Crippen LogP contribution is 2.22. The minimum absolute atomic E-state index is 0.264. The van der Waals surface area contributed by atoms with Gasteiger partial charge in [-0.15, -0.1) is 0 Å². The van der Waals surface area contributed by atoms with Crippen LogP contribution in [0, 0.1) is 5.82 Å². The largest absolute Gasteiger partial charge is 0.399 e. The number of halogens is 2. The predicted octanol–water partition coefficient (Wildman–Crippen LogP) is 4.08. The van der Waals surface area contributed by atoms with E-state index in [4.69, 9.17) is 5.73 Å². The summed E-state index contributed by atoms with van der Waals surface area (Å²) in [6.45, 7) is 0.585. The Hall–Kier alpha value is -2.14. The number of nitrogen functional groups attached to an aromatic ring is 1. The fraction of sp³-hybridized carbons (Fsp3) is 0.0625. The van der Waals surface area contributed by atoms with Crippen molar-refractivity contribution in [3.05, 3.63) is 70.7 Å². The molecule has 3 rings (SSSR count). The van der Waals surface area contributed by atoms with Gasteiger partial charge in [0.05, 0.1) is 17.2 Å². The second-order valence-corrected chi connectivity index (χ2v) is 5.65. The second kappa shape index (κ2) is 5.69. The van der Waals surface area contributed by atoms with Gasteiger partial charge < -0.3 is 5.73 Å². The van der Waals surface area contributed by atoms with Crippen molar-refractivity contribution < 1.29 is 4.39 Å². The Morgan fingerprint density at radius 1 is 1.14 bits per heavy atom. The molecule has 0 atom stereocenters. The van der Waals surface area contributed by atoms with E-state index in [1.807, 2.05) is 35.1 Å². The highest BCUT2D eigenvalue weighted by Gasteiger charge is 2.05. The van der Waals surface area contributed by atoms with Gasteiger partial charge in [0.2, 0.25) is 0 Å². The first-order chi connectivity index (χ1) is 10.1. The van der Waals surface area contributed by atoms with E-state index >= 15 is 0 Å². The Balaban J connectivity index is 1.83. The van der Waals surface area contributed by atoms with Gasteiger partial charge >= 0.3 is 0 Å². The standard InChI is InChI=1S/C16H13BrFN3/c17-15-6-11(4-5-16(15)18)9-21-10-13(8-20-21)12-2-1-3-14(19)7-12/h1-8,10H,9,19H2. The number of hydrogen-bond acceptors (Lipinski definition) is 2. The summed E-state index contributed by atoms with van der Waals surface area (Å²) in [5, 5.41) is 4.34. The van der Waals surface area contributed by atoms with Crippen LogP contribution in [0.4, 0.5) is 10.1 Å². The maximum Gasteiger partial charge on any atom is 0.137 e. The molecular formula is C16H13BrFN3. The molecule has 21 heavy (non-hydrogen) atoms. The summed E-state index contributed by atoms with van der Waals surface area (Å²) >= 11 is 3.19. The van der Waals surface area contributed by atoms with Gasteiger partial charge in [0.1, 0.15) is 5.82 Å². The van der Waals surface area contributed by atoms with Crippen molar-refractivity contribution in [3.8, 4) is 11.1 Å². The zero-order chi connectivity index (χ0) is 14.8. The molecule has 1 aromatic heterocycles. The molecule has 0 unspecified atom stereocenters. The van der Waals surface area contributed by atoms with Gasteiger partial charge in [-0.2, -0.15) is 5.10 Å². The lowest BCUT2D eigenvalue weighted by Gasteiger charge is -2.03. The molecule has 5 heteroatoms. The summed E-state index contributed by atoms with van der Waals surface area (Å²) in [7, 11) is 0. The molecule has 0 saturated carbocycles. The molecule has 0 radical (unpaired) electrons. The Morgan fingerprint density at radius 2 is 2.00 bits per heavy atom.